The standard InChI is InChI=1S/C17H23N3O5/c1-2-25-17(24)18-7-6-15(22)19-8-10-20(11-9-19)16(23)13-4-3-5-14(21)12-13/h3-5,12,21H,2,6-11H2,1H3,(H,18,24). The number of rotatable bonds is 5. The van der Waals surface area contributed by atoms with Crippen molar-refractivity contribution in [3.05, 3.63) is 29.8 Å². The zero-order valence-corrected chi connectivity index (χ0v) is 14.2. The number of carbonyl (C=O) groups is 3. The van der Waals surface area contributed by atoms with Crippen LogP contribution in [0.4, 0.5) is 4.79 Å². The molecule has 1 saturated heterocycles. The Labute approximate surface area is 146 Å². The van der Waals surface area contributed by atoms with Crippen LogP contribution in [0.15, 0.2) is 24.3 Å². The van der Waals surface area contributed by atoms with Crippen LogP contribution in [0.2, 0.25) is 0 Å². The minimum absolute atomic E-state index is 0.0498. The van der Waals surface area contributed by atoms with E-state index < -0.39 is 6.09 Å². The van der Waals surface area contributed by atoms with Gasteiger partial charge >= 0.3 is 6.09 Å². The lowest BCUT2D eigenvalue weighted by atomic mass is 10.1. The molecule has 0 unspecified atom stereocenters. The highest BCUT2D eigenvalue weighted by Crippen LogP contribution is 2.14. The summed E-state index contributed by atoms with van der Waals surface area (Å²) in [5.74, 6) is -0.179. The molecule has 0 atom stereocenters. The predicted molar refractivity (Wildman–Crippen MR) is 90.2 cm³/mol. The summed E-state index contributed by atoms with van der Waals surface area (Å²) < 4.78 is 4.72. The largest absolute Gasteiger partial charge is 0.508 e. The highest BCUT2D eigenvalue weighted by Gasteiger charge is 2.24. The van der Waals surface area contributed by atoms with Crippen molar-refractivity contribution >= 4 is 17.9 Å². The Morgan fingerprint density at radius 1 is 1.16 bits per heavy atom. The lowest BCUT2D eigenvalue weighted by molar-refractivity contribution is -0.132. The molecule has 0 aromatic heterocycles. The Morgan fingerprint density at radius 2 is 1.84 bits per heavy atom. The summed E-state index contributed by atoms with van der Waals surface area (Å²) in [6.07, 6.45) is -0.337. The first-order valence-electron chi connectivity index (χ1n) is 8.28. The second-order valence-electron chi connectivity index (χ2n) is 5.62. The smallest absolute Gasteiger partial charge is 0.407 e. The van der Waals surface area contributed by atoms with E-state index in [0.29, 0.717) is 31.7 Å². The predicted octanol–water partition coefficient (Wildman–Crippen LogP) is 0.813. The van der Waals surface area contributed by atoms with Gasteiger partial charge in [-0.25, -0.2) is 4.79 Å². The minimum Gasteiger partial charge on any atom is -0.508 e. The fraction of sp³-hybridized carbons (Fsp3) is 0.471. The molecule has 2 N–H and O–H groups in total. The van der Waals surface area contributed by atoms with Crippen molar-refractivity contribution in [2.45, 2.75) is 13.3 Å². The van der Waals surface area contributed by atoms with Crippen molar-refractivity contribution in [1.82, 2.24) is 15.1 Å². The zero-order chi connectivity index (χ0) is 18.2. The van der Waals surface area contributed by atoms with E-state index in [1.54, 1.807) is 28.9 Å². The zero-order valence-electron chi connectivity index (χ0n) is 14.2. The summed E-state index contributed by atoms with van der Waals surface area (Å²) in [5, 5.41) is 12.0. The molecule has 1 fully saturated rings. The van der Waals surface area contributed by atoms with Gasteiger partial charge in [-0.2, -0.15) is 0 Å². The summed E-state index contributed by atoms with van der Waals surface area (Å²) in [4.78, 5) is 39.0. The maximum absolute atomic E-state index is 12.4. The molecule has 8 nitrogen and oxygen atoms in total. The molecule has 1 aromatic rings. The first kappa shape index (κ1) is 18.6. The van der Waals surface area contributed by atoms with Crippen LogP contribution >= 0.6 is 0 Å². The van der Waals surface area contributed by atoms with E-state index in [-0.39, 0.29) is 37.1 Å². The lowest BCUT2D eigenvalue weighted by Gasteiger charge is -2.35. The van der Waals surface area contributed by atoms with Crippen molar-refractivity contribution < 1.29 is 24.2 Å². The van der Waals surface area contributed by atoms with Crippen molar-refractivity contribution in [1.29, 1.82) is 0 Å². The number of hydrogen-bond acceptors (Lipinski definition) is 5. The third-order valence-corrected chi connectivity index (χ3v) is 3.90. The molecular weight excluding hydrogens is 326 g/mol. The monoisotopic (exact) mass is 349 g/mol. The number of phenols is 1. The fourth-order valence-electron chi connectivity index (χ4n) is 2.59. The molecule has 25 heavy (non-hydrogen) atoms. The third-order valence-electron chi connectivity index (χ3n) is 3.90. The van der Waals surface area contributed by atoms with Crippen molar-refractivity contribution in [2.75, 3.05) is 39.3 Å². The topological polar surface area (TPSA) is 99.2 Å². The van der Waals surface area contributed by atoms with Gasteiger partial charge in [-0.15, -0.1) is 0 Å². The van der Waals surface area contributed by atoms with Gasteiger partial charge in [0.1, 0.15) is 5.75 Å². The number of nitrogens with zero attached hydrogens (tertiary/aromatic N) is 2. The number of ether oxygens (including phenoxy) is 1. The molecule has 0 bridgehead atoms. The summed E-state index contributed by atoms with van der Waals surface area (Å²) in [5.41, 5.74) is 0.429. The van der Waals surface area contributed by atoms with E-state index in [4.69, 9.17) is 4.74 Å². The van der Waals surface area contributed by atoms with Gasteiger partial charge < -0.3 is 25.0 Å². The Morgan fingerprint density at radius 3 is 2.48 bits per heavy atom. The SMILES string of the molecule is CCOC(=O)NCCC(=O)N1CCN(C(=O)c2cccc(O)c2)CC1. The molecule has 8 heteroatoms. The summed E-state index contributed by atoms with van der Waals surface area (Å²) in [6.45, 7) is 3.99. The van der Waals surface area contributed by atoms with Gasteiger partial charge in [0.2, 0.25) is 5.91 Å². The Hall–Kier alpha value is -2.77. The molecule has 0 radical (unpaired) electrons. The number of nitrogens with one attached hydrogen (secondary N) is 1. The average molecular weight is 349 g/mol. The molecule has 136 valence electrons. The number of aromatic hydroxyl groups is 1. The fourth-order valence-corrected chi connectivity index (χ4v) is 2.59. The lowest BCUT2D eigenvalue weighted by Crippen LogP contribution is -2.51. The number of benzene rings is 1. The van der Waals surface area contributed by atoms with Crippen LogP contribution in [0.1, 0.15) is 23.7 Å². The van der Waals surface area contributed by atoms with E-state index in [1.165, 1.54) is 12.1 Å². The van der Waals surface area contributed by atoms with Crippen molar-refractivity contribution in [2.24, 2.45) is 0 Å². The Balaban J connectivity index is 1.76. The van der Waals surface area contributed by atoms with Crippen LogP contribution in [-0.2, 0) is 9.53 Å². The first-order valence-corrected chi connectivity index (χ1v) is 8.28. The van der Waals surface area contributed by atoms with Gasteiger partial charge in [-0.05, 0) is 25.1 Å². The molecule has 1 aliphatic rings. The van der Waals surface area contributed by atoms with Gasteiger partial charge in [-0.1, -0.05) is 6.07 Å². The molecule has 2 rings (SSSR count). The molecule has 0 aliphatic carbocycles. The summed E-state index contributed by atoms with van der Waals surface area (Å²) in [7, 11) is 0. The number of alkyl carbamates (subject to hydrolysis) is 1. The van der Waals surface area contributed by atoms with Gasteiger partial charge in [-0.3, -0.25) is 9.59 Å². The molecule has 1 heterocycles. The molecule has 3 amide bonds. The molecule has 0 saturated carbocycles. The average Bonchev–Trinajstić information content (AvgIpc) is 2.61. The van der Waals surface area contributed by atoms with Crippen LogP contribution in [0.25, 0.3) is 0 Å². The maximum atomic E-state index is 12.4. The second-order valence-corrected chi connectivity index (χ2v) is 5.62. The Bertz CT molecular complexity index is 626. The summed E-state index contributed by atoms with van der Waals surface area (Å²) in [6, 6.07) is 6.22. The minimum atomic E-state index is -0.531. The van der Waals surface area contributed by atoms with Gasteiger partial charge in [0.15, 0.2) is 0 Å². The number of carbonyl (C=O) groups excluding carboxylic acids is 3. The quantitative estimate of drug-likeness (QED) is 0.820. The highest BCUT2D eigenvalue weighted by atomic mass is 16.5. The van der Waals surface area contributed by atoms with Crippen LogP contribution in [-0.4, -0.2) is 72.1 Å². The van der Waals surface area contributed by atoms with E-state index in [1.807, 2.05) is 0 Å². The van der Waals surface area contributed by atoms with E-state index in [0.717, 1.165) is 0 Å². The van der Waals surface area contributed by atoms with Gasteiger partial charge in [0, 0.05) is 44.7 Å². The van der Waals surface area contributed by atoms with E-state index in [9.17, 15) is 19.5 Å². The van der Waals surface area contributed by atoms with Crippen LogP contribution in [0.5, 0.6) is 5.75 Å². The van der Waals surface area contributed by atoms with Crippen molar-refractivity contribution in [3.63, 3.8) is 0 Å². The molecule has 1 aromatic carbocycles. The first-order chi connectivity index (χ1) is 12.0. The molecule has 0 spiro atoms. The van der Waals surface area contributed by atoms with Crippen LogP contribution in [0, 0.1) is 0 Å². The maximum Gasteiger partial charge on any atom is 0.407 e. The Kier molecular flexibility index (Phi) is 6.62. The second kappa shape index (κ2) is 8.91. The highest BCUT2D eigenvalue weighted by molar-refractivity contribution is 5.94. The van der Waals surface area contributed by atoms with Crippen molar-refractivity contribution in [3.8, 4) is 5.75 Å². The van der Waals surface area contributed by atoms with E-state index in [2.05, 4.69) is 5.32 Å². The normalized spacial score (nSPS) is 14.1. The van der Waals surface area contributed by atoms with Crippen LogP contribution in [0.3, 0.4) is 0 Å². The van der Waals surface area contributed by atoms with Gasteiger partial charge in [0.05, 0.1) is 6.61 Å². The number of hydrogen-bond donors (Lipinski definition) is 2. The molecular formula is C17H23N3O5. The third kappa shape index (κ3) is 5.37. The van der Waals surface area contributed by atoms with Crippen LogP contribution < -0.4 is 5.32 Å². The summed E-state index contributed by atoms with van der Waals surface area (Å²) >= 11 is 0. The molecule has 1 aliphatic heterocycles. The number of piperazine rings is 1. The number of phenolic OH excluding ortho intramolecular Hbond substituents is 1. The van der Waals surface area contributed by atoms with Gasteiger partial charge in [0.25, 0.3) is 5.91 Å². The number of amides is 3. The van der Waals surface area contributed by atoms with E-state index >= 15 is 0 Å².